The molecule has 2 fully saturated rings. The molecule has 0 atom stereocenters. The van der Waals surface area contributed by atoms with E-state index in [2.05, 4.69) is 20.1 Å². The second-order valence-electron chi connectivity index (χ2n) is 9.81. The van der Waals surface area contributed by atoms with Gasteiger partial charge in [0.25, 0.3) is 0 Å². The van der Waals surface area contributed by atoms with E-state index in [0.717, 1.165) is 43.3 Å². The first-order chi connectivity index (χ1) is 16.7. The van der Waals surface area contributed by atoms with Crippen LogP contribution in [0.15, 0.2) is 36.9 Å². The highest BCUT2D eigenvalue weighted by molar-refractivity contribution is 5.52. The van der Waals surface area contributed by atoms with Crippen molar-refractivity contribution in [1.29, 1.82) is 0 Å². The van der Waals surface area contributed by atoms with Crippen molar-refractivity contribution in [3.8, 4) is 5.75 Å². The van der Waals surface area contributed by atoms with E-state index in [9.17, 15) is 17.6 Å². The van der Waals surface area contributed by atoms with Crippen molar-refractivity contribution >= 4 is 11.2 Å². The molecule has 1 spiro atoms. The van der Waals surface area contributed by atoms with Crippen molar-refractivity contribution in [3.05, 3.63) is 59.8 Å². The molecule has 184 valence electrons. The number of halogens is 4. The van der Waals surface area contributed by atoms with Gasteiger partial charge in [-0.05, 0) is 62.9 Å². The third kappa shape index (κ3) is 3.91. The summed E-state index contributed by atoms with van der Waals surface area (Å²) in [6, 6.07) is 4.73. The summed E-state index contributed by atoms with van der Waals surface area (Å²) in [5.74, 6) is -0.133. The lowest BCUT2D eigenvalue weighted by Crippen LogP contribution is -2.64. The van der Waals surface area contributed by atoms with Crippen LogP contribution in [0.3, 0.4) is 0 Å². The number of rotatable bonds is 6. The van der Waals surface area contributed by atoms with E-state index >= 15 is 0 Å². The van der Waals surface area contributed by atoms with Gasteiger partial charge in [-0.1, -0.05) is 0 Å². The summed E-state index contributed by atoms with van der Waals surface area (Å²) >= 11 is 0. The van der Waals surface area contributed by atoms with E-state index in [1.165, 1.54) is 24.8 Å². The zero-order valence-electron chi connectivity index (χ0n) is 19.1. The maximum absolute atomic E-state index is 14.2. The number of hydrogen-bond acceptors (Lipinski definition) is 5. The number of hydrogen-bond donors (Lipinski definition) is 0. The molecule has 6 rings (SSSR count). The standard InChI is InChI=1S/C24H24F4N6O/c1-15-29-10-17-4-5-20(22(34(15)17)24(26,27)28)35-18-8-23(9-18)12-32(13-23)6-2-3-16-7-21-31-30-14-33(21)11-19(16)25/h4-5,7,10-11,14,18H,2-3,6,8-9,12-13H2,1H3. The normalized spacial score (nSPS) is 18.3. The lowest BCUT2D eigenvalue weighted by molar-refractivity contribution is -0.148. The Balaban J connectivity index is 1.02. The third-order valence-corrected chi connectivity index (χ3v) is 7.21. The number of imidazole rings is 1. The van der Waals surface area contributed by atoms with Gasteiger partial charge in [0.15, 0.2) is 11.3 Å². The first kappa shape index (κ1) is 22.3. The molecular formula is C24H24F4N6O. The minimum absolute atomic E-state index is 0.115. The van der Waals surface area contributed by atoms with E-state index < -0.39 is 11.9 Å². The van der Waals surface area contributed by atoms with Gasteiger partial charge in [-0.3, -0.25) is 8.80 Å². The minimum atomic E-state index is -4.55. The van der Waals surface area contributed by atoms with Gasteiger partial charge in [-0.25, -0.2) is 9.37 Å². The number of likely N-dealkylation sites (tertiary alicyclic amines) is 1. The van der Waals surface area contributed by atoms with Crippen LogP contribution in [0.25, 0.3) is 11.2 Å². The summed E-state index contributed by atoms with van der Waals surface area (Å²) < 4.78 is 64.3. The average molecular weight is 488 g/mol. The highest BCUT2D eigenvalue weighted by Crippen LogP contribution is 2.50. The largest absolute Gasteiger partial charge is 0.488 e. The number of fused-ring (bicyclic) bond motifs is 2. The molecule has 4 aromatic rings. The van der Waals surface area contributed by atoms with Gasteiger partial charge >= 0.3 is 6.18 Å². The lowest BCUT2D eigenvalue weighted by Gasteiger charge is -2.58. The van der Waals surface area contributed by atoms with E-state index in [-0.39, 0.29) is 28.9 Å². The molecule has 0 radical (unpaired) electrons. The maximum atomic E-state index is 14.2. The summed E-state index contributed by atoms with van der Waals surface area (Å²) in [5.41, 5.74) is 0.953. The zero-order chi connectivity index (χ0) is 24.4. The summed E-state index contributed by atoms with van der Waals surface area (Å²) in [5, 5.41) is 7.74. The number of ether oxygens (including phenoxy) is 1. The zero-order valence-corrected chi connectivity index (χ0v) is 19.1. The highest BCUT2D eigenvalue weighted by atomic mass is 19.4. The Morgan fingerprint density at radius 1 is 1.20 bits per heavy atom. The van der Waals surface area contributed by atoms with Gasteiger partial charge in [0, 0.05) is 24.7 Å². The molecule has 1 aliphatic heterocycles. The molecule has 11 heteroatoms. The number of pyridine rings is 2. The topological polar surface area (TPSA) is 60.0 Å². The number of nitrogens with zero attached hydrogens (tertiary/aromatic N) is 6. The molecule has 1 saturated carbocycles. The van der Waals surface area contributed by atoms with Gasteiger partial charge in [0.1, 0.15) is 29.8 Å². The van der Waals surface area contributed by atoms with E-state index in [0.29, 0.717) is 23.1 Å². The molecule has 0 amide bonds. The molecule has 5 heterocycles. The van der Waals surface area contributed by atoms with Gasteiger partial charge in [0.2, 0.25) is 0 Å². The Morgan fingerprint density at radius 2 is 2.00 bits per heavy atom. The van der Waals surface area contributed by atoms with Gasteiger partial charge in [-0.15, -0.1) is 10.2 Å². The monoisotopic (exact) mass is 488 g/mol. The molecule has 35 heavy (non-hydrogen) atoms. The van der Waals surface area contributed by atoms with Gasteiger partial charge in [0.05, 0.1) is 11.7 Å². The number of aromatic nitrogens is 5. The first-order valence-corrected chi connectivity index (χ1v) is 11.6. The summed E-state index contributed by atoms with van der Waals surface area (Å²) in [6.45, 7) is 4.18. The number of alkyl halides is 3. The Hall–Kier alpha value is -3.21. The lowest BCUT2D eigenvalue weighted by atomic mass is 9.61. The van der Waals surface area contributed by atoms with Gasteiger partial charge in [-0.2, -0.15) is 13.2 Å². The van der Waals surface area contributed by atoms with E-state index in [1.807, 2.05) is 0 Å². The van der Waals surface area contributed by atoms with Crippen molar-refractivity contribution in [1.82, 2.24) is 28.9 Å². The van der Waals surface area contributed by atoms with Gasteiger partial charge < -0.3 is 9.64 Å². The first-order valence-electron chi connectivity index (χ1n) is 11.6. The predicted molar refractivity (Wildman–Crippen MR) is 119 cm³/mol. The molecule has 4 aromatic heterocycles. The van der Waals surface area contributed by atoms with Crippen LogP contribution in [-0.2, 0) is 12.6 Å². The number of aryl methyl sites for hydroxylation is 2. The van der Waals surface area contributed by atoms with E-state index in [1.54, 1.807) is 23.5 Å². The van der Waals surface area contributed by atoms with E-state index in [4.69, 9.17) is 4.74 Å². The van der Waals surface area contributed by atoms with Crippen LogP contribution in [0.1, 0.15) is 36.3 Å². The van der Waals surface area contributed by atoms with Crippen LogP contribution >= 0.6 is 0 Å². The quantitative estimate of drug-likeness (QED) is 0.379. The maximum Gasteiger partial charge on any atom is 0.435 e. The smallest absolute Gasteiger partial charge is 0.435 e. The Morgan fingerprint density at radius 3 is 2.77 bits per heavy atom. The van der Waals surface area contributed by atoms with Crippen LogP contribution < -0.4 is 4.74 Å². The van der Waals surface area contributed by atoms with Crippen LogP contribution in [0, 0.1) is 18.2 Å². The van der Waals surface area contributed by atoms with Crippen molar-refractivity contribution in [3.63, 3.8) is 0 Å². The Kier molecular flexibility index (Phi) is 5.03. The fourth-order valence-electron chi connectivity index (χ4n) is 5.64. The average Bonchev–Trinajstić information content (AvgIpc) is 3.35. The highest BCUT2D eigenvalue weighted by Gasteiger charge is 2.53. The fourth-order valence-corrected chi connectivity index (χ4v) is 5.64. The molecule has 0 unspecified atom stereocenters. The predicted octanol–water partition coefficient (Wildman–Crippen LogP) is 4.32. The van der Waals surface area contributed by atoms with Crippen LogP contribution in [0.4, 0.5) is 17.6 Å². The van der Waals surface area contributed by atoms with Crippen molar-refractivity contribution in [2.45, 2.75) is 44.9 Å². The van der Waals surface area contributed by atoms with Crippen molar-refractivity contribution in [2.75, 3.05) is 19.6 Å². The molecule has 0 aromatic carbocycles. The molecule has 0 bridgehead atoms. The second-order valence-corrected chi connectivity index (χ2v) is 9.81. The fraction of sp³-hybridized carbons (Fsp3) is 0.458. The molecule has 0 N–H and O–H groups in total. The molecular weight excluding hydrogens is 464 g/mol. The second kappa shape index (κ2) is 7.91. The Labute approximate surface area is 198 Å². The van der Waals surface area contributed by atoms with Crippen molar-refractivity contribution < 1.29 is 22.3 Å². The summed E-state index contributed by atoms with van der Waals surface area (Å²) in [6.07, 6.45) is 2.41. The van der Waals surface area contributed by atoms with Crippen molar-refractivity contribution in [2.24, 2.45) is 5.41 Å². The van der Waals surface area contributed by atoms with Crippen LogP contribution in [0.5, 0.6) is 5.75 Å². The minimum Gasteiger partial charge on any atom is -0.488 e. The molecule has 1 aliphatic carbocycles. The molecule has 2 aliphatic rings. The molecule has 7 nitrogen and oxygen atoms in total. The molecule has 1 saturated heterocycles. The van der Waals surface area contributed by atoms with Crippen LogP contribution in [0.2, 0.25) is 0 Å². The Bertz CT molecular complexity index is 1400. The summed E-state index contributed by atoms with van der Waals surface area (Å²) in [7, 11) is 0. The SMILES string of the molecule is Cc1ncc2ccc(OC3CC4(C3)CN(CCCc3cc5nncn5cc3F)C4)c(C(F)(F)F)n12. The van der Waals surface area contributed by atoms with Crippen LogP contribution in [-0.4, -0.2) is 54.6 Å². The third-order valence-electron chi connectivity index (χ3n) is 7.21. The summed E-state index contributed by atoms with van der Waals surface area (Å²) in [4.78, 5) is 6.32.